The van der Waals surface area contributed by atoms with Crippen molar-refractivity contribution >= 4 is 29.1 Å². The molecule has 0 aliphatic heterocycles. The molecule has 10 heteroatoms. The number of nitrogens with one attached hydrogen (secondary N) is 1. The fraction of sp³-hybridized carbons (Fsp3) is 0.0455. The number of benzene rings is 3. The minimum Gasteiger partial charge on any atom is -0.505 e. The number of amides is 1. The number of hydrogen-bond donors (Lipinski definition) is 2. The van der Waals surface area contributed by atoms with Gasteiger partial charge in [0.2, 0.25) is 5.82 Å². The second-order valence-corrected chi connectivity index (χ2v) is 7.41. The van der Waals surface area contributed by atoms with E-state index in [2.05, 4.69) is 15.5 Å². The van der Waals surface area contributed by atoms with E-state index in [0.29, 0.717) is 17.1 Å². The lowest BCUT2D eigenvalue weighted by Crippen LogP contribution is -2.23. The van der Waals surface area contributed by atoms with Crippen LogP contribution >= 0.6 is 23.2 Å². The summed E-state index contributed by atoms with van der Waals surface area (Å²) in [6.07, 6.45) is 0. The second-order valence-electron chi connectivity index (χ2n) is 6.60. The first-order valence-electron chi connectivity index (χ1n) is 9.21. The molecular weight excluding hydrogens is 460 g/mol. The van der Waals surface area contributed by atoms with E-state index in [1.807, 2.05) is 0 Å². The Kier molecular flexibility index (Phi) is 6.25. The van der Waals surface area contributed by atoms with Crippen molar-refractivity contribution in [2.24, 2.45) is 0 Å². The summed E-state index contributed by atoms with van der Waals surface area (Å²) in [5.74, 6) is -0.453. The number of phenolic OH excluding ortho intramolecular Hbond substituents is 1. The summed E-state index contributed by atoms with van der Waals surface area (Å²) in [7, 11) is 0. The van der Waals surface area contributed by atoms with Crippen LogP contribution in [0.3, 0.4) is 0 Å². The normalized spacial score (nSPS) is 10.7. The lowest BCUT2D eigenvalue weighted by Gasteiger charge is -2.07. The van der Waals surface area contributed by atoms with Crippen molar-refractivity contribution in [3.63, 3.8) is 0 Å². The monoisotopic (exact) mass is 473 g/mol. The topological polar surface area (TPSA) is 97.5 Å². The molecule has 4 aromatic rings. The average Bonchev–Trinajstić information content (AvgIpc) is 3.27. The number of carbonyl (C=O) groups is 1. The Morgan fingerprint density at radius 2 is 1.78 bits per heavy atom. The smallest absolute Gasteiger partial charge is 0.316 e. The highest BCUT2D eigenvalue weighted by molar-refractivity contribution is 6.37. The minimum atomic E-state index is -0.570. The molecule has 1 aromatic heterocycles. The van der Waals surface area contributed by atoms with E-state index in [4.69, 9.17) is 32.5 Å². The zero-order chi connectivity index (χ0) is 22.7. The Balaban J connectivity index is 1.37. The lowest BCUT2D eigenvalue weighted by molar-refractivity contribution is 0.0907. The van der Waals surface area contributed by atoms with Gasteiger partial charge in [-0.3, -0.25) is 4.79 Å². The highest BCUT2D eigenvalue weighted by Gasteiger charge is 2.18. The molecule has 0 aliphatic rings. The van der Waals surface area contributed by atoms with Gasteiger partial charge in [0.25, 0.3) is 0 Å². The molecule has 7 nitrogen and oxygen atoms in total. The van der Waals surface area contributed by atoms with Crippen LogP contribution in [0.2, 0.25) is 10.0 Å². The Bertz CT molecular complexity index is 1260. The number of aromatic nitrogens is 2. The van der Waals surface area contributed by atoms with Crippen LogP contribution in [-0.4, -0.2) is 21.2 Å². The number of ether oxygens (including phenoxy) is 1. The fourth-order valence-electron chi connectivity index (χ4n) is 2.73. The zero-order valence-corrected chi connectivity index (χ0v) is 17.7. The minimum absolute atomic E-state index is 0.0214. The summed E-state index contributed by atoms with van der Waals surface area (Å²) < 4.78 is 23.8. The summed E-state index contributed by atoms with van der Waals surface area (Å²) in [6, 6.07) is 15.6. The van der Waals surface area contributed by atoms with Gasteiger partial charge in [-0.15, -0.1) is 0 Å². The number of halogens is 3. The highest BCUT2D eigenvalue weighted by Crippen LogP contribution is 2.35. The maximum Gasteiger partial charge on any atom is 0.316 e. The van der Waals surface area contributed by atoms with E-state index < -0.39 is 5.91 Å². The zero-order valence-electron chi connectivity index (χ0n) is 16.2. The molecule has 0 atom stereocenters. The summed E-state index contributed by atoms with van der Waals surface area (Å²) in [4.78, 5) is 16.4. The molecule has 0 saturated heterocycles. The molecule has 2 N–H and O–H groups in total. The van der Waals surface area contributed by atoms with Gasteiger partial charge in [0, 0.05) is 18.2 Å². The Morgan fingerprint density at radius 1 is 1.06 bits per heavy atom. The third-order valence-corrected chi connectivity index (χ3v) is 4.88. The molecule has 4 rings (SSSR count). The van der Waals surface area contributed by atoms with Crippen LogP contribution in [0.4, 0.5) is 4.39 Å². The van der Waals surface area contributed by atoms with Crippen molar-refractivity contribution in [3.05, 3.63) is 88.0 Å². The van der Waals surface area contributed by atoms with Crippen LogP contribution in [0.5, 0.6) is 17.2 Å². The Hall–Kier alpha value is -3.62. The first kappa shape index (κ1) is 21.6. The second kappa shape index (κ2) is 9.25. The lowest BCUT2D eigenvalue weighted by atomic mass is 10.2. The molecule has 32 heavy (non-hydrogen) atoms. The molecule has 0 unspecified atom stereocenters. The van der Waals surface area contributed by atoms with Crippen LogP contribution in [0, 0.1) is 5.82 Å². The van der Waals surface area contributed by atoms with Crippen LogP contribution in [0.15, 0.2) is 65.2 Å². The summed E-state index contributed by atoms with van der Waals surface area (Å²) in [5.41, 5.74) is 1.18. The fourth-order valence-corrected chi connectivity index (χ4v) is 3.21. The van der Waals surface area contributed by atoms with Crippen LogP contribution < -0.4 is 10.1 Å². The van der Waals surface area contributed by atoms with Gasteiger partial charge in [-0.1, -0.05) is 46.6 Å². The van der Waals surface area contributed by atoms with E-state index in [0.717, 1.165) is 5.56 Å². The molecule has 0 aliphatic carbocycles. The van der Waals surface area contributed by atoms with Gasteiger partial charge in [0.15, 0.2) is 5.75 Å². The largest absolute Gasteiger partial charge is 0.505 e. The number of carbonyl (C=O) groups excluding carboxylic acids is 1. The molecule has 1 heterocycles. The first-order valence-corrected chi connectivity index (χ1v) is 9.97. The van der Waals surface area contributed by atoms with Gasteiger partial charge in [-0.25, -0.2) is 4.39 Å². The predicted octanol–water partition coefficient (Wildman–Crippen LogP) is 5.61. The summed E-state index contributed by atoms with van der Waals surface area (Å²) in [5, 5.41) is 16.1. The summed E-state index contributed by atoms with van der Waals surface area (Å²) >= 11 is 11.8. The van der Waals surface area contributed by atoms with E-state index in [1.54, 1.807) is 36.4 Å². The van der Waals surface area contributed by atoms with Gasteiger partial charge in [-0.05, 0) is 42.0 Å². The molecule has 1 amide bonds. The van der Waals surface area contributed by atoms with Gasteiger partial charge in [-0.2, -0.15) is 4.98 Å². The maximum absolute atomic E-state index is 13.2. The van der Waals surface area contributed by atoms with Crippen LogP contribution in [0.1, 0.15) is 16.2 Å². The average molecular weight is 474 g/mol. The van der Waals surface area contributed by atoms with Crippen molar-refractivity contribution in [3.8, 4) is 28.6 Å². The van der Waals surface area contributed by atoms with Crippen LogP contribution in [0.25, 0.3) is 11.4 Å². The highest BCUT2D eigenvalue weighted by atomic mass is 35.5. The first-order chi connectivity index (χ1) is 15.4. The van der Waals surface area contributed by atoms with Gasteiger partial charge in [0.1, 0.15) is 17.3 Å². The van der Waals surface area contributed by atoms with E-state index in [9.17, 15) is 14.3 Å². The van der Waals surface area contributed by atoms with Crippen molar-refractivity contribution in [1.29, 1.82) is 0 Å². The Morgan fingerprint density at radius 3 is 2.47 bits per heavy atom. The van der Waals surface area contributed by atoms with E-state index in [-0.39, 0.29) is 39.9 Å². The molecule has 0 spiro atoms. The number of aromatic hydroxyl groups is 1. The number of rotatable bonds is 6. The molecule has 3 aromatic carbocycles. The van der Waals surface area contributed by atoms with Gasteiger partial charge in [0.05, 0.1) is 10.0 Å². The molecular formula is C22H14Cl2FN3O4. The molecule has 0 saturated carbocycles. The SMILES string of the molecule is O=C(NCc1ccc(Oc2cccc(F)c2)cc1)c1nc(-c2cc(Cl)c(O)c(Cl)c2)no1. The molecule has 162 valence electrons. The predicted molar refractivity (Wildman–Crippen MR) is 116 cm³/mol. The van der Waals surface area contributed by atoms with Crippen molar-refractivity contribution in [2.45, 2.75) is 6.54 Å². The van der Waals surface area contributed by atoms with Crippen LogP contribution in [-0.2, 0) is 6.54 Å². The Labute approximate surface area is 191 Å². The maximum atomic E-state index is 13.2. The number of hydrogen-bond acceptors (Lipinski definition) is 6. The molecule has 0 bridgehead atoms. The third-order valence-electron chi connectivity index (χ3n) is 4.30. The van der Waals surface area contributed by atoms with E-state index in [1.165, 1.54) is 24.3 Å². The van der Waals surface area contributed by atoms with Crippen molar-refractivity contribution < 1.29 is 23.6 Å². The van der Waals surface area contributed by atoms with E-state index >= 15 is 0 Å². The molecule has 0 radical (unpaired) electrons. The van der Waals surface area contributed by atoms with Crippen molar-refractivity contribution in [1.82, 2.24) is 15.5 Å². The number of phenols is 1. The van der Waals surface area contributed by atoms with Crippen molar-refractivity contribution in [2.75, 3.05) is 0 Å². The quantitative estimate of drug-likeness (QED) is 0.377. The van der Waals surface area contributed by atoms with Gasteiger partial charge >= 0.3 is 11.8 Å². The van der Waals surface area contributed by atoms with Gasteiger partial charge < -0.3 is 19.7 Å². The standard InChI is InChI=1S/C22H14Cl2FN3O4/c23-17-8-13(9-18(24)19(17)29)20-27-22(32-28-20)21(30)26-11-12-4-6-15(7-5-12)31-16-3-1-2-14(25)10-16/h1-10,29H,11H2,(H,26,30). The summed E-state index contributed by atoms with van der Waals surface area (Å²) in [6.45, 7) is 0.202. The number of nitrogens with zero attached hydrogens (tertiary/aromatic N) is 2. The third kappa shape index (κ3) is 4.99. The molecule has 0 fully saturated rings.